The van der Waals surface area contributed by atoms with Crippen LogP contribution in [0.25, 0.3) is 0 Å². The van der Waals surface area contributed by atoms with Crippen LogP contribution in [0, 0.1) is 0 Å². The van der Waals surface area contributed by atoms with Gasteiger partial charge in [-0.2, -0.15) is 4.31 Å². The summed E-state index contributed by atoms with van der Waals surface area (Å²) in [6, 6.07) is 11.5. The lowest BCUT2D eigenvalue weighted by Gasteiger charge is -2.34. The molecule has 0 aliphatic carbocycles. The van der Waals surface area contributed by atoms with E-state index in [0.717, 1.165) is 0 Å². The fourth-order valence-electron chi connectivity index (χ4n) is 3.22. The maximum atomic E-state index is 12.6. The molecule has 1 aromatic carbocycles. The summed E-state index contributed by atoms with van der Waals surface area (Å²) in [5.41, 5.74) is 0. The number of hydrogen-bond acceptors (Lipinski definition) is 5. The van der Waals surface area contributed by atoms with E-state index in [2.05, 4.69) is 5.32 Å². The average molecular weight is 420 g/mol. The third-order valence-corrected chi connectivity index (χ3v) is 6.80. The molecular weight excluding hydrogens is 394 g/mol. The molecule has 0 bridgehead atoms. The molecule has 156 valence electrons. The molecule has 1 aliphatic rings. The van der Waals surface area contributed by atoms with Crippen molar-refractivity contribution in [2.24, 2.45) is 0 Å². The number of nitrogens with one attached hydrogen (secondary N) is 1. The predicted octanol–water partition coefficient (Wildman–Crippen LogP) is 1.77. The monoisotopic (exact) mass is 419 g/mol. The number of rotatable bonds is 7. The van der Waals surface area contributed by atoms with Crippen LogP contribution in [0.3, 0.4) is 0 Å². The maximum Gasteiger partial charge on any atom is 0.243 e. The molecule has 2 amide bonds. The Kier molecular flexibility index (Phi) is 6.71. The minimum atomic E-state index is -3.55. The molecule has 0 unspecified atom stereocenters. The van der Waals surface area contributed by atoms with Gasteiger partial charge >= 0.3 is 0 Å². The normalized spacial score (nSPS) is 16.4. The SMILES string of the molecule is C[C@H](NC(=O)CCC(=O)N1CCN(S(=O)(=O)c2ccccc2)CC1)c1ccco1. The van der Waals surface area contributed by atoms with E-state index in [1.54, 1.807) is 53.6 Å². The summed E-state index contributed by atoms with van der Waals surface area (Å²) in [6.07, 6.45) is 1.70. The Morgan fingerprint density at radius 1 is 1.03 bits per heavy atom. The van der Waals surface area contributed by atoms with Gasteiger partial charge in [0.1, 0.15) is 5.76 Å². The molecule has 1 saturated heterocycles. The van der Waals surface area contributed by atoms with Crippen LogP contribution >= 0.6 is 0 Å². The van der Waals surface area contributed by atoms with Gasteiger partial charge in [0.15, 0.2) is 0 Å². The topological polar surface area (TPSA) is 99.9 Å². The molecule has 1 aliphatic heterocycles. The van der Waals surface area contributed by atoms with E-state index in [-0.39, 0.29) is 48.7 Å². The molecule has 0 saturated carbocycles. The number of sulfonamides is 1. The number of amides is 2. The van der Waals surface area contributed by atoms with Crippen molar-refractivity contribution in [2.45, 2.75) is 30.7 Å². The Labute approximate surface area is 170 Å². The standard InChI is InChI=1S/C20H25N3O5S/c1-16(18-8-5-15-28-18)21-19(24)9-10-20(25)22-11-13-23(14-12-22)29(26,27)17-6-3-2-4-7-17/h2-8,15-16H,9-14H2,1H3,(H,21,24)/t16-/m0/s1. The average Bonchev–Trinajstić information content (AvgIpc) is 3.28. The first-order chi connectivity index (χ1) is 13.9. The Bertz CT molecular complexity index is 920. The zero-order valence-corrected chi connectivity index (χ0v) is 17.1. The highest BCUT2D eigenvalue weighted by atomic mass is 32.2. The van der Waals surface area contributed by atoms with Crippen molar-refractivity contribution in [1.82, 2.24) is 14.5 Å². The van der Waals surface area contributed by atoms with E-state index >= 15 is 0 Å². The molecule has 3 rings (SSSR count). The van der Waals surface area contributed by atoms with Crippen LogP contribution in [0.4, 0.5) is 0 Å². The quantitative estimate of drug-likeness (QED) is 0.737. The number of benzene rings is 1. The van der Waals surface area contributed by atoms with E-state index in [1.165, 1.54) is 4.31 Å². The van der Waals surface area contributed by atoms with Crippen molar-refractivity contribution in [3.05, 3.63) is 54.5 Å². The van der Waals surface area contributed by atoms with Crippen molar-refractivity contribution in [1.29, 1.82) is 0 Å². The molecule has 29 heavy (non-hydrogen) atoms. The molecule has 8 nitrogen and oxygen atoms in total. The lowest BCUT2D eigenvalue weighted by molar-refractivity contribution is -0.134. The molecule has 0 radical (unpaired) electrons. The number of carbonyl (C=O) groups excluding carboxylic acids is 2. The summed E-state index contributed by atoms with van der Waals surface area (Å²) < 4.78 is 31.9. The molecule has 1 atom stereocenters. The number of nitrogens with zero attached hydrogens (tertiary/aromatic N) is 2. The molecule has 1 aromatic heterocycles. The molecule has 2 heterocycles. The number of hydrogen-bond donors (Lipinski definition) is 1. The molecule has 2 aromatic rings. The van der Waals surface area contributed by atoms with E-state index in [4.69, 9.17) is 4.42 Å². The van der Waals surface area contributed by atoms with Gasteiger partial charge < -0.3 is 14.6 Å². The molecule has 1 N–H and O–H groups in total. The molecule has 0 spiro atoms. The summed E-state index contributed by atoms with van der Waals surface area (Å²) >= 11 is 0. The van der Waals surface area contributed by atoms with Crippen molar-refractivity contribution in [3.8, 4) is 0 Å². The van der Waals surface area contributed by atoms with Crippen molar-refractivity contribution in [3.63, 3.8) is 0 Å². The fourth-order valence-corrected chi connectivity index (χ4v) is 4.66. The van der Waals surface area contributed by atoms with E-state index in [0.29, 0.717) is 18.8 Å². The summed E-state index contributed by atoms with van der Waals surface area (Å²) in [4.78, 5) is 26.3. The predicted molar refractivity (Wildman–Crippen MR) is 106 cm³/mol. The van der Waals surface area contributed by atoms with E-state index in [9.17, 15) is 18.0 Å². The van der Waals surface area contributed by atoms with Gasteiger partial charge in [0.05, 0.1) is 17.2 Å². The van der Waals surface area contributed by atoms with Crippen LogP contribution in [0.1, 0.15) is 31.6 Å². The van der Waals surface area contributed by atoms with Crippen LogP contribution < -0.4 is 5.32 Å². The van der Waals surface area contributed by atoms with Gasteiger partial charge in [-0.05, 0) is 31.2 Å². The van der Waals surface area contributed by atoms with Crippen LogP contribution in [0.2, 0.25) is 0 Å². The zero-order valence-electron chi connectivity index (χ0n) is 16.3. The molecular formula is C20H25N3O5S. The highest BCUT2D eigenvalue weighted by Crippen LogP contribution is 2.18. The van der Waals surface area contributed by atoms with Crippen LogP contribution in [0.5, 0.6) is 0 Å². The van der Waals surface area contributed by atoms with Gasteiger partial charge in [0, 0.05) is 39.0 Å². The van der Waals surface area contributed by atoms with Crippen LogP contribution in [-0.4, -0.2) is 55.6 Å². The van der Waals surface area contributed by atoms with Gasteiger partial charge in [0.25, 0.3) is 0 Å². The van der Waals surface area contributed by atoms with E-state index in [1.807, 2.05) is 6.92 Å². The third-order valence-electron chi connectivity index (χ3n) is 4.89. The lowest BCUT2D eigenvalue weighted by Crippen LogP contribution is -2.50. The summed E-state index contributed by atoms with van der Waals surface area (Å²) in [6.45, 7) is 2.92. The first-order valence-electron chi connectivity index (χ1n) is 9.53. The largest absolute Gasteiger partial charge is 0.467 e. The molecule has 9 heteroatoms. The summed E-state index contributed by atoms with van der Waals surface area (Å²) in [7, 11) is -3.55. The Balaban J connectivity index is 1.45. The third kappa shape index (κ3) is 5.24. The Morgan fingerprint density at radius 3 is 2.34 bits per heavy atom. The van der Waals surface area contributed by atoms with Crippen molar-refractivity contribution in [2.75, 3.05) is 26.2 Å². The second kappa shape index (κ2) is 9.23. The highest BCUT2D eigenvalue weighted by molar-refractivity contribution is 7.89. The summed E-state index contributed by atoms with van der Waals surface area (Å²) in [5.74, 6) is 0.274. The highest BCUT2D eigenvalue weighted by Gasteiger charge is 2.30. The van der Waals surface area contributed by atoms with Crippen LogP contribution in [-0.2, 0) is 19.6 Å². The number of piperazine rings is 1. The van der Waals surface area contributed by atoms with Crippen molar-refractivity contribution >= 4 is 21.8 Å². The Hall–Kier alpha value is -2.65. The van der Waals surface area contributed by atoms with Gasteiger partial charge in [-0.1, -0.05) is 18.2 Å². The zero-order chi connectivity index (χ0) is 20.9. The van der Waals surface area contributed by atoms with Gasteiger partial charge in [-0.3, -0.25) is 9.59 Å². The van der Waals surface area contributed by atoms with Gasteiger partial charge in [-0.15, -0.1) is 0 Å². The fraction of sp³-hybridized carbons (Fsp3) is 0.400. The first-order valence-corrected chi connectivity index (χ1v) is 11.0. The minimum Gasteiger partial charge on any atom is -0.467 e. The lowest BCUT2D eigenvalue weighted by atomic mass is 10.2. The van der Waals surface area contributed by atoms with Crippen molar-refractivity contribution < 1.29 is 22.4 Å². The first kappa shape index (κ1) is 21.1. The minimum absolute atomic E-state index is 0.0758. The van der Waals surface area contributed by atoms with Gasteiger partial charge in [-0.25, -0.2) is 8.42 Å². The second-order valence-electron chi connectivity index (χ2n) is 6.90. The molecule has 1 fully saturated rings. The summed E-state index contributed by atoms with van der Waals surface area (Å²) in [5, 5.41) is 2.79. The Morgan fingerprint density at radius 2 is 1.72 bits per heavy atom. The van der Waals surface area contributed by atoms with E-state index < -0.39 is 10.0 Å². The second-order valence-corrected chi connectivity index (χ2v) is 8.84. The van der Waals surface area contributed by atoms with Crippen LogP contribution in [0.15, 0.2) is 58.0 Å². The number of carbonyl (C=O) groups is 2. The maximum absolute atomic E-state index is 12.6. The smallest absolute Gasteiger partial charge is 0.243 e. The van der Waals surface area contributed by atoms with Gasteiger partial charge in [0.2, 0.25) is 21.8 Å². The number of furan rings is 1.